The summed E-state index contributed by atoms with van der Waals surface area (Å²) in [6, 6.07) is 15.1. The Labute approximate surface area is 168 Å². The molecule has 3 heterocycles. The number of benzene rings is 1. The van der Waals surface area contributed by atoms with Gasteiger partial charge < -0.3 is 15.2 Å². The van der Waals surface area contributed by atoms with Gasteiger partial charge in [0, 0.05) is 31.2 Å². The minimum atomic E-state index is -0.219. The number of amides is 1. The van der Waals surface area contributed by atoms with E-state index in [4.69, 9.17) is 0 Å². The van der Waals surface area contributed by atoms with Crippen molar-refractivity contribution in [1.82, 2.24) is 19.9 Å². The number of hydrogen-bond acceptors (Lipinski definition) is 5. The van der Waals surface area contributed by atoms with Gasteiger partial charge in [-0.15, -0.1) is 0 Å². The van der Waals surface area contributed by atoms with E-state index < -0.39 is 0 Å². The van der Waals surface area contributed by atoms with Gasteiger partial charge in [-0.1, -0.05) is 6.07 Å². The van der Waals surface area contributed by atoms with Gasteiger partial charge in [-0.2, -0.15) is 0 Å². The van der Waals surface area contributed by atoms with Gasteiger partial charge >= 0.3 is 0 Å². The molecule has 0 aliphatic heterocycles. The first-order valence-corrected chi connectivity index (χ1v) is 9.42. The van der Waals surface area contributed by atoms with Crippen LogP contribution in [0.2, 0.25) is 0 Å². The van der Waals surface area contributed by atoms with Crippen molar-refractivity contribution in [1.29, 1.82) is 0 Å². The van der Waals surface area contributed by atoms with Gasteiger partial charge in [-0.25, -0.2) is 4.98 Å². The maximum atomic E-state index is 12.6. The van der Waals surface area contributed by atoms with Crippen LogP contribution in [0.1, 0.15) is 24.2 Å². The number of pyridine rings is 2. The van der Waals surface area contributed by atoms with E-state index in [1.54, 1.807) is 24.5 Å². The Morgan fingerprint density at radius 2 is 1.90 bits per heavy atom. The third-order valence-corrected chi connectivity index (χ3v) is 4.79. The predicted molar refractivity (Wildman–Crippen MR) is 115 cm³/mol. The summed E-state index contributed by atoms with van der Waals surface area (Å²) in [6.45, 7) is 4.21. The van der Waals surface area contributed by atoms with E-state index in [1.165, 1.54) is 0 Å². The lowest BCUT2D eigenvalue weighted by Gasteiger charge is -2.19. The normalized spacial score (nSPS) is 11.0. The molecule has 3 aromatic heterocycles. The fourth-order valence-corrected chi connectivity index (χ4v) is 2.88. The van der Waals surface area contributed by atoms with E-state index in [0.717, 1.165) is 28.4 Å². The summed E-state index contributed by atoms with van der Waals surface area (Å²) in [4.78, 5) is 31.2. The van der Waals surface area contributed by atoms with Crippen LogP contribution in [0.4, 0.5) is 11.6 Å². The molecule has 0 aliphatic rings. The number of fused-ring (bicyclic) bond motifs is 1. The zero-order chi connectivity index (χ0) is 20.4. The highest BCUT2D eigenvalue weighted by atomic mass is 16.1. The quantitative estimate of drug-likeness (QED) is 0.539. The summed E-state index contributed by atoms with van der Waals surface area (Å²) in [7, 11) is 1.99. The SMILES string of the molecule is CC(C)N(C)c1nc2ccc(NC(=O)c3ccc(-c4ccccn4)nc3)cc2[nH]1. The summed E-state index contributed by atoms with van der Waals surface area (Å²) in [6.07, 6.45) is 3.28. The van der Waals surface area contributed by atoms with Gasteiger partial charge in [0.05, 0.1) is 28.0 Å². The Morgan fingerprint density at radius 1 is 1.07 bits per heavy atom. The zero-order valence-corrected chi connectivity index (χ0v) is 16.5. The largest absolute Gasteiger partial charge is 0.343 e. The highest BCUT2D eigenvalue weighted by Gasteiger charge is 2.12. The molecule has 1 amide bonds. The summed E-state index contributed by atoms with van der Waals surface area (Å²) >= 11 is 0. The second-order valence-corrected chi connectivity index (χ2v) is 7.10. The van der Waals surface area contributed by atoms with E-state index in [2.05, 4.69) is 44.0 Å². The van der Waals surface area contributed by atoms with Gasteiger partial charge in [0.1, 0.15) is 0 Å². The number of H-pyrrole nitrogens is 1. The first kappa shape index (κ1) is 18.6. The molecule has 0 radical (unpaired) electrons. The maximum Gasteiger partial charge on any atom is 0.257 e. The molecule has 0 unspecified atom stereocenters. The number of carbonyl (C=O) groups is 1. The number of aromatic nitrogens is 4. The number of hydrogen-bond donors (Lipinski definition) is 2. The minimum Gasteiger partial charge on any atom is -0.343 e. The lowest BCUT2D eigenvalue weighted by atomic mass is 10.2. The molecule has 0 fully saturated rings. The molecule has 0 saturated carbocycles. The zero-order valence-electron chi connectivity index (χ0n) is 16.5. The number of carbonyl (C=O) groups excluding carboxylic acids is 1. The molecule has 2 N–H and O–H groups in total. The summed E-state index contributed by atoms with van der Waals surface area (Å²) in [5.41, 5.74) is 4.39. The molecule has 7 nitrogen and oxygen atoms in total. The van der Waals surface area contributed by atoms with E-state index in [-0.39, 0.29) is 5.91 Å². The first-order valence-electron chi connectivity index (χ1n) is 9.42. The van der Waals surface area contributed by atoms with Gasteiger partial charge in [0.15, 0.2) is 0 Å². The van der Waals surface area contributed by atoms with Gasteiger partial charge in [-0.3, -0.25) is 14.8 Å². The lowest BCUT2D eigenvalue weighted by Crippen LogP contribution is -2.26. The average Bonchev–Trinajstić information content (AvgIpc) is 3.17. The van der Waals surface area contributed by atoms with Crippen LogP contribution in [-0.4, -0.2) is 38.9 Å². The van der Waals surface area contributed by atoms with Crippen LogP contribution < -0.4 is 10.2 Å². The van der Waals surface area contributed by atoms with Gasteiger partial charge in [-0.05, 0) is 56.3 Å². The summed E-state index contributed by atoms with van der Waals surface area (Å²) in [5.74, 6) is 0.580. The predicted octanol–water partition coefficient (Wildman–Crippen LogP) is 4.12. The Hall–Kier alpha value is -3.74. The number of nitrogens with one attached hydrogen (secondary N) is 2. The Bertz CT molecular complexity index is 1140. The average molecular weight is 386 g/mol. The van der Waals surface area contributed by atoms with Crippen molar-refractivity contribution >= 4 is 28.6 Å². The van der Waals surface area contributed by atoms with Crippen LogP contribution in [0.15, 0.2) is 60.9 Å². The molecule has 146 valence electrons. The van der Waals surface area contributed by atoms with Crippen molar-refractivity contribution in [3.63, 3.8) is 0 Å². The monoisotopic (exact) mass is 386 g/mol. The van der Waals surface area contributed by atoms with Crippen LogP contribution >= 0.6 is 0 Å². The van der Waals surface area contributed by atoms with Crippen molar-refractivity contribution < 1.29 is 4.79 Å². The Balaban J connectivity index is 1.51. The molecular weight excluding hydrogens is 364 g/mol. The van der Waals surface area contributed by atoms with Crippen LogP contribution in [-0.2, 0) is 0 Å². The summed E-state index contributed by atoms with van der Waals surface area (Å²) < 4.78 is 0. The van der Waals surface area contributed by atoms with Crippen molar-refractivity contribution in [2.24, 2.45) is 0 Å². The molecule has 4 rings (SSSR count). The topological polar surface area (TPSA) is 86.8 Å². The first-order chi connectivity index (χ1) is 14.0. The molecule has 0 spiro atoms. The van der Waals surface area contributed by atoms with E-state index in [9.17, 15) is 4.79 Å². The molecule has 0 aliphatic carbocycles. The van der Waals surface area contributed by atoms with Crippen LogP contribution in [0, 0.1) is 0 Å². The molecule has 7 heteroatoms. The fraction of sp³-hybridized carbons (Fsp3) is 0.182. The second-order valence-electron chi connectivity index (χ2n) is 7.10. The van der Waals surface area contributed by atoms with E-state index in [1.807, 2.05) is 43.4 Å². The molecule has 0 atom stereocenters. The third-order valence-electron chi connectivity index (χ3n) is 4.79. The fourth-order valence-electron chi connectivity index (χ4n) is 2.88. The minimum absolute atomic E-state index is 0.219. The second kappa shape index (κ2) is 7.71. The van der Waals surface area contributed by atoms with Crippen LogP contribution in [0.25, 0.3) is 22.4 Å². The standard InChI is InChI=1S/C22H22N6O/c1-14(2)28(3)22-26-19-10-8-16(12-20(19)27-22)25-21(29)15-7-9-18(24-13-15)17-6-4-5-11-23-17/h4-14H,1-3H3,(H,25,29)(H,26,27). The van der Waals surface area contributed by atoms with Gasteiger partial charge in [0.2, 0.25) is 5.95 Å². The van der Waals surface area contributed by atoms with E-state index in [0.29, 0.717) is 17.3 Å². The van der Waals surface area contributed by atoms with Crippen molar-refractivity contribution in [3.05, 3.63) is 66.5 Å². The highest BCUT2D eigenvalue weighted by Crippen LogP contribution is 2.22. The number of aromatic amines is 1. The molecule has 1 aromatic carbocycles. The maximum absolute atomic E-state index is 12.6. The van der Waals surface area contributed by atoms with Crippen molar-refractivity contribution in [3.8, 4) is 11.4 Å². The molecule has 0 bridgehead atoms. The highest BCUT2D eigenvalue weighted by molar-refractivity contribution is 6.04. The van der Waals surface area contributed by atoms with Crippen molar-refractivity contribution in [2.75, 3.05) is 17.3 Å². The van der Waals surface area contributed by atoms with Crippen LogP contribution in [0.5, 0.6) is 0 Å². The summed E-state index contributed by atoms with van der Waals surface area (Å²) in [5, 5.41) is 2.91. The molecule has 0 saturated heterocycles. The Kier molecular flexibility index (Phi) is 4.95. The van der Waals surface area contributed by atoms with Crippen LogP contribution in [0.3, 0.4) is 0 Å². The molecule has 29 heavy (non-hydrogen) atoms. The number of rotatable bonds is 5. The Morgan fingerprint density at radius 3 is 2.59 bits per heavy atom. The van der Waals surface area contributed by atoms with Gasteiger partial charge in [0.25, 0.3) is 5.91 Å². The van der Waals surface area contributed by atoms with Crippen molar-refractivity contribution in [2.45, 2.75) is 19.9 Å². The number of nitrogens with zero attached hydrogens (tertiary/aromatic N) is 4. The molecular formula is C22H22N6O. The third kappa shape index (κ3) is 3.94. The molecule has 4 aromatic rings. The number of imidazole rings is 1. The lowest BCUT2D eigenvalue weighted by molar-refractivity contribution is 0.102. The smallest absolute Gasteiger partial charge is 0.257 e. The van der Waals surface area contributed by atoms with E-state index >= 15 is 0 Å². The number of anilines is 2.